The first-order valence-electron chi connectivity index (χ1n) is 4.97. The van der Waals surface area contributed by atoms with Crippen molar-refractivity contribution in [3.8, 4) is 0 Å². The molecule has 0 aliphatic carbocycles. The van der Waals surface area contributed by atoms with Gasteiger partial charge in [0.2, 0.25) is 5.82 Å². The van der Waals surface area contributed by atoms with Crippen LogP contribution in [-0.2, 0) is 4.74 Å². The monoisotopic (exact) mass is 209 g/mol. The van der Waals surface area contributed by atoms with E-state index in [1.54, 1.807) is 18.5 Å². The van der Waals surface area contributed by atoms with E-state index >= 15 is 0 Å². The largest absolute Gasteiger partial charge is 0.382 e. The lowest BCUT2D eigenvalue weighted by Crippen LogP contribution is -2.26. The summed E-state index contributed by atoms with van der Waals surface area (Å²) >= 11 is 0. The van der Waals surface area contributed by atoms with Crippen LogP contribution in [0.5, 0.6) is 0 Å². The van der Waals surface area contributed by atoms with Gasteiger partial charge in [-0.15, -0.1) is 0 Å². The van der Waals surface area contributed by atoms with Crippen LogP contribution in [-0.4, -0.2) is 35.6 Å². The molecule has 5 heteroatoms. The molecule has 1 N–H and O–H groups in total. The fraction of sp³-hybridized carbons (Fsp3) is 0.500. The van der Waals surface area contributed by atoms with E-state index in [4.69, 9.17) is 4.74 Å². The van der Waals surface area contributed by atoms with Gasteiger partial charge >= 0.3 is 0 Å². The summed E-state index contributed by atoms with van der Waals surface area (Å²) in [6.45, 7) is 3.88. The molecular weight excluding hydrogens is 194 g/mol. The average Bonchev–Trinajstić information content (AvgIpc) is 2.30. The highest BCUT2D eigenvalue weighted by atomic mass is 16.5. The van der Waals surface area contributed by atoms with Gasteiger partial charge in [-0.25, -0.2) is 9.97 Å². The second kappa shape index (κ2) is 6.89. The summed E-state index contributed by atoms with van der Waals surface area (Å²) in [4.78, 5) is 19.1. The Labute approximate surface area is 88.9 Å². The van der Waals surface area contributed by atoms with E-state index < -0.39 is 0 Å². The van der Waals surface area contributed by atoms with Gasteiger partial charge in [-0.1, -0.05) is 0 Å². The van der Waals surface area contributed by atoms with E-state index in [1.807, 2.05) is 6.92 Å². The van der Waals surface area contributed by atoms with Gasteiger partial charge in [0.05, 0.1) is 0 Å². The van der Waals surface area contributed by atoms with Gasteiger partial charge in [0.25, 0.3) is 5.91 Å². The van der Waals surface area contributed by atoms with E-state index in [9.17, 15) is 4.79 Å². The Hall–Kier alpha value is -1.49. The van der Waals surface area contributed by atoms with Crippen LogP contribution in [0.25, 0.3) is 0 Å². The topological polar surface area (TPSA) is 64.1 Å². The van der Waals surface area contributed by atoms with Crippen molar-refractivity contribution in [1.29, 1.82) is 0 Å². The molecule has 0 atom stereocenters. The molecule has 82 valence electrons. The molecule has 0 aliphatic heterocycles. The summed E-state index contributed by atoms with van der Waals surface area (Å²) in [7, 11) is 0. The predicted molar refractivity (Wildman–Crippen MR) is 55.5 cm³/mol. The molecule has 0 aliphatic rings. The van der Waals surface area contributed by atoms with Gasteiger partial charge in [-0.3, -0.25) is 4.79 Å². The van der Waals surface area contributed by atoms with Gasteiger partial charge in [0.15, 0.2) is 0 Å². The molecule has 1 heterocycles. The summed E-state index contributed by atoms with van der Waals surface area (Å²) in [5.74, 6) is -0.0407. The number of ether oxygens (including phenoxy) is 1. The van der Waals surface area contributed by atoms with Crippen LogP contribution in [0.3, 0.4) is 0 Å². The summed E-state index contributed by atoms with van der Waals surface area (Å²) in [6.07, 6.45) is 3.89. The number of carbonyl (C=O) groups excluding carboxylic acids is 1. The molecule has 1 aromatic rings. The zero-order valence-electron chi connectivity index (χ0n) is 8.77. The first-order chi connectivity index (χ1) is 7.34. The Morgan fingerprint density at radius 3 is 2.87 bits per heavy atom. The molecular formula is C10H15N3O2. The standard InChI is InChI=1S/C10H15N3O2/c1-2-15-8-4-7-13-10(14)9-11-5-3-6-12-9/h3,5-6H,2,4,7-8H2,1H3,(H,13,14). The van der Waals surface area contributed by atoms with Crippen molar-refractivity contribution in [3.05, 3.63) is 24.3 Å². The van der Waals surface area contributed by atoms with Crippen molar-refractivity contribution < 1.29 is 9.53 Å². The minimum Gasteiger partial charge on any atom is -0.382 e. The minimum absolute atomic E-state index is 0.203. The number of nitrogens with one attached hydrogen (secondary N) is 1. The second-order valence-electron chi connectivity index (χ2n) is 2.88. The number of carbonyl (C=O) groups is 1. The maximum Gasteiger partial charge on any atom is 0.289 e. The van der Waals surface area contributed by atoms with Gasteiger partial charge in [-0.05, 0) is 19.4 Å². The SMILES string of the molecule is CCOCCCNC(=O)c1ncccn1. The molecule has 0 fully saturated rings. The van der Waals surface area contributed by atoms with E-state index in [0.717, 1.165) is 6.42 Å². The van der Waals surface area contributed by atoms with Crippen molar-refractivity contribution in [3.63, 3.8) is 0 Å². The Kier molecular flexibility index (Phi) is 5.32. The fourth-order valence-electron chi connectivity index (χ4n) is 1.02. The molecule has 0 aromatic carbocycles. The Bertz CT molecular complexity index is 290. The van der Waals surface area contributed by atoms with Crippen LogP contribution >= 0.6 is 0 Å². The molecule has 5 nitrogen and oxygen atoms in total. The maximum atomic E-state index is 11.4. The number of hydrogen-bond acceptors (Lipinski definition) is 4. The van der Waals surface area contributed by atoms with Crippen LogP contribution in [0.2, 0.25) is 0 Å². The number of aromatic nitrogens is 2. The molecule has 0 saturated heterocycles. The lowest BCUT2D eigenvalue weighted by Gasteiger charge is -2.03. The lowest BCUT2D eigenvalue weighted by atomic mass is 10.4. The number of amides is 1. The summed E-state index contributed by atoms with van der Waals surface area (Å²) in [5, 5.41) is 2.71. The Morgan fingerprint density at radius 2 is 2.20 bits per heavy atom. The van der Waals surface area contributed by atoms with Crippen molar-refractivity contribution in [2.45, 2.75) is 13.3 Å². The van der Waals surface area contributed by atoms with Crippen molar-refractivity contribution >= 4 is 5.91 Å². The molecule has 1 aromatic heterocycles. The highest BCUT2D eigenvalue weighted by Gasteiger charge is 2.05. The summed E-state index contributed by atoms with van der Waals surface area (Å²) < 4.78 is 5.14. The average molecular weight is 209 g/mol. The third kappa shape index (κ3) is 4.51. The van der Waals surface area contributed by atoms with Crippen LogP contribution in [0, 0.1) is 0 Å². The number of rotatable bonds is 6. The number of nitrogens with zero attached hydrogens (tertiary/aromatic N) is 2. The Balaban J connectivity index is 2.20. The Morgan fingerprint density at radius 1 is 1.47 bits per heavy atom. The number of hydrogen-bond donors (Lipinski definition) is 1. The highest BCUT2D eigenvalue weighted by Crippen LogP contribution is 1.87. The molecule has 0 radical (unpaired) electrons. The minimum atomic E-state index is -0.243. The van der Waals surface area contributed by atoms with E-state index in [2.05, 4.69) is 15.3 Å². The summed E-state index contributed by atoms with van der Waals surface area (Å²) in [6, 6.07) is 1.67. The van der Waals surface area contributed by atoms with Crippen LogP contribution < -0.4 is 5.32 Å². The molecule has 0 saturated carbocycles. The zero-order valence-corrected chi connectivity index (χ0v) is 8.77. The third-order valence-electron chi connectivity index (χ3n) is 1.72. The maximum absolute atomic E-state index is 11.4. The van der Waals surface area contributed by atoms with Crippen molar-refractivity contribution in [2.75, 3.05) is 19.8 Å². The van der Waals surface area contributed by atoms with Crippen molar-refractivity contribution in [2.24, 2.45) is 0 Å². The predicted octanol–water partition coefficient (Wildman–Crippen LogP) is 0.633. The van der Waals surface area contributed by atoms with E-state index in [1.165, 1.54) is 0 Å². The lowest BCUT2D eigenvalue weighted by molar-refractivity contribution is 0.0934. The van der Waals surface area contributed by atoms with Crippen LogP contribution in [0.15, 0.2) is 18.5 Å². The molecule has 0 bridgehead atoms. The van der Waals surface area contributed by atoms with Gasteiger partial charge in [0, 0.05) is 32.2 Å². The third-order valence-corrected chi connectivity index (χ3v) is 1.72. The summed E-state index contributed by atoms with van der Waals surface area (Å²) in [5.41, 5.74) is 0. The van der Waals surface area contributed by atoms with Gasteiger partial charge < -0.3 is 10.1 Å². The molecule has 1 amide bonds. The van der Waals surface area contributed by atoms with Crippen molar-refractivity contribution in [1.82, 2.24) is 15.3 Å². The van der Waals surface area contributed by atoms with Gasteiger partial charge in [-0.2, -0.15) is 0 Å². The van der Waals surface area contributed by atoms with E-state index in [-0.39, 0.29) is 11.7 Å². The smallest absolute Gasteiger partial charge is 0.289 e. The van der Waals surface area contributed by atoms with Crippen LogP contribution in [0.1, 0.15) is 24.0 Å². The van der Waals surface area contributed by atoms with Gasteiger partial charge in [0.1, 0.15) is 0 Å². The van der Waals surface area contributed by atoms with E-state index in [0.29, 0.717) is 19.8 Å². The molecule has 15 heavy (non-hydrogen) atoms. The second-order valence-corrected chi connectivity index (χ2v) is 2.88. The van der Waals surface area contributed by atoms with Crippen LogP contribution in [0.4, 0.5) is 0 Å². The normalized spacial score (nSPS) is 9.93. The molecule has 1 rings (SSSR count). The molecule has 0 unspecified atom stereocenters. The molecule has 0 spiro atoms. The first kappa shape index (κ1) is 11.6. The first-order valence-corrected chi connectivity index (χ1v) is 4.97. The fourth-order valence-corrected chi connectivity index (χ4v) is 1.02. The zero-order chi connectivity index (χ0) is 10.9. The highest BCUT2D eigenvalue weighted by molar-refractivity contribution is 5.90. The quantitative estimate of drug-likeness (QED) is 0.698.